The standard InChI is InChI=1S/C30H37N5O2/c1-19-8-9-23(14-20(19)2)30(36)31-13-12-25-15-28-24(16-32-25)10-11-27(33-28)26-6-5-7-29(34-26)35-17-21(3)37-22(4)18-35/h5-11,14-15,21-22,29,32,34H,12-13,16-18H2,1-4H3,(H,31,36)/t21-,22+,29?. The molecule has 1 aromatic carbocycles. The second kappa shape index (κ2) is 10.9. The van der Waals surface area contributed by atoms with E-state index in [0.717, 1.165) is 54.4 Å². The Bertz CT molecular complexity index is 1250. The number of hydrogen-bond donors (Lipinski definition) is 3. The van der Waals surface area contributed by atoms with Gasteiger partial charge in [0, 0.05) is 43.9 Å². The van der Waals surface area contributed by atoms with Gasteiger partial charge in [0.1, 0.15) is 0 Å². The molecular weight excluding hydrogens is 462 g/mol. The predicted octanol–water partition coefficient (Wildman–Crippen LogP) is 3.90. The van der Waals surface area contributed by atoms with Gasteiger partial charge in [0.25, 0.3) is 5.91 Å². The van der Waals surface area contributed by atoms with Gasteiger partial charge in [-0.05, 0) is 80.8 Å². The number of dihydropyridines is 1. The summed E-state index contributed by atoms with van der Waals surface area (Å²) in [6.07, 6.45) is 9.79. The molecule has 1 fully saturated rings. The van der Waals surface area contributed by atoms with Gasteiger partial charge < -0.3 is 20.7 Å². The molecule has 5 rings (SSSR count). The zero-order valence-electron chi connectivity index (χ0n) is 22.2. The highest BCUT2D eigenvalue weighted by Crippen LogP contribution is 2.23. The molecule has 1 amide bonds. The molecule has 37 heavy (non-hydrogen) atoms. The summed E-state index contributed by atoms with van der Waals surface area (Å²) in [5, 5.41) is 10.2. The molecule has 0 saturated carbocycles. The van der Waals surface area contributed by atoms with Crippen molar-refractivity contribution in [2.24, 2.45) is 0 Å². The second-order valence-electron chi connectivity index (χ2n) is 10.3. The van der Waals surface area contributed by atoms with Crippen LogP contribution in [0.2, 0.25) is 0 Å². The van der Waals surface area contributed by atoms with Crippen molar-refractivity contribution in [3.63, 3.8) is 0 Å². The van der Waals surface area contributed by atoms with Gasteiger partial charge in [-0.25, -0.2) is 4.98 Å². The van der Waals surface area contributed by atoms with E-state index in [2.05, 4.69) is 78.1 Å². The number of benzene rings is 1. The van der Waals surface area contributed by atoms with Crippen LogP contribution in [0, 0.1) is 13.8 Å². The average molecular weight is 500 g/mol. The molecule has 7 heteroatoms. The third kappa shape index (κ3) is 5.95. The smallest absolute Gasteiger partial charge is 0.251 e. The van der Waals surface area contributed by atoms with Gasteiger partial charge in [0.2, 0.25) is 0 Å². The molecule has 3 atom stereocenters. The third-order valence-electron chi connectivity index (χ3n) is 7.26. The minimum absolute atomic E-state index is 0.0395. The SMILES string of the molecule is Cc1ccc(C(=O)NCCC2=Cc3nc(C4=CC=CC(N5C[C@@H](C)O[C@@H](C)C5)N4)ccc3CN2)cc1C. The van der Waals surface area contributed by atoms with Gasteiger partial charge in [0.05, 0.1) is 35.5 Å². The van der Waals surface area contributed by atoms with E-state index in [1.165, 1.54) is 11.1 Å². The number of aromatic nitrogens is 1. The zero-order chi connectivity index (χ0) is 25.9. The summed E-state index contributed by atoms with van der Waals surface area (Å²) in [4.78, 5) is 20.0. The number of fused-ring (bicyclic) bond motifs is 1. The molecule has 0 bridgehead atoms. The fourth-order valence-electron chi connectivity index (χ4n) is 5.14. The molecule has 4 heterocycles. The molecule has 2 aromatic rings. The number of ether oxygens (including phenoxy) is 1. The molecule has 0 spiro atoms. The zero-order valence-corrected chi connectivity index (χ0v) is 22.2. The van der Waals surface area contributed by atoms with Crippen molar-refractivity contribution in [2.75, 3.05) is 19.6 Å². The maximum absolute atomic E-state index is 12.6. The van der Waals surface area contributed by atoms with E-state index in [1.54, 1.807) is 0 Å². The Hall–Kier alpha value is -3.42. The quantitative estimate of drug-likeness (QED) is 0.560. The molecule has 1 saturated heterocycles. The summed E-state index contributed by atoms with van der Waals surface area (Å²) in [6, 6.07) is 10.0. The first-order valence-corrected chi connectivity index (χ1v) is 13.2. The molecule has 0 radical (unpaired) electrons. The normalized spacial score (nSPS) is 23.3. The number of allylic oxidation sites excluding steroid dienone is 2. The van der Waals surface area contributed by atoms with Gasteiger partial charge in [-0.1, -0.05) is 18.2 Å². The number of carbonyl (C=O) groups excluding carboxylic acids is 1. The highest BCUT2D eigenvalue weighted by atomic mass is 16.5. The Balaban J connectivity index is 1.22. The maximum Gasteiger partial charge on any atom is 0.251 e. The first-order chi connectivity index (χ1) is 17.9. The number of carbonyl (C=O) groups is 1. The summed E-state index contributed by atoms with van der Waals surface area (Å²) in [7, 11) is 0. The Labute approximate surface area is 219 Å². The number of pyridine rings is 1. The first kappa shape index (κ1) is 25.2. The first-order valence-electron chi connectivity index (χ1n) is 13.2. The Morgan fingerprint density at radius 2 is 1.95 bits per heavy atom. The molecule has 3 aliphatic rings. The number of hydrogen-bond acceptors (Lipinski definition) is 6. The van der Waals surface area contributed by atoms with Gasteiger partial charge >= 0.3 is 0 Å². The van der Waals surface area contributed by atoms with Crippen LogP contribution < -0.4 is 16.0 Å². The lowest BCUT2D eigenvalue weighted by molar-refractivity contribution is -0.0770. The molecule has 0 aliphatic carbocycles. The van der Waals surface area contributed by atoms with E-state index in [0.29, 0.717) is 12.1 Å². The van der Waals surface area contributed by atoms with E-state index in [1.807, 2.05) is 25.1 Å². The predicted molar refractivity (Wildman–Crippen MR) is 148 cm³/mol. The lowest BCUT2D eigenvalue weighted by atomic mass is 10.0. The largest absolute Gasteiger partial charge is 0.384 e. The van der Waals surface area contributed by atoms with Crippen LogP contribution in [0.4, 0.5) is 0 Å². The van der Waals surface area contributed by atoms with E-state index >= 15 is 0 Å². The van der Waals surface area contributed by atoms with Crippen molar-refractivity contribution < 1.29 is 9.53 Å². The third-order valence-corrected chi connectivity index (χ3v) is 7.26. The number of nitrogens with zero attached hydrogens (tertiary/aromatic N) is 2. The Morgan fingerprint density at radius 3 is 2.73 bits per heavy atom. The van der Waals surface area contributed by atoms with Crippen LogP contribution in [-0.4, -0.2) is 53.8 Å². The van der Waals surface area contributed by atoms with E-state index in [9.17, 15) is 4.79 Å². The van der Waals surface area contributed by atoms with Crippen LogP contribution in [0.15, 0.2) is 54.3 Å². The highest BCUT2D eigenvalue weighted by molar-refractivity contribution is 5.94. The van der Waals surface area contributed by atoms with Gasteiger partial charge in [-0.15, -0.1) is 0 Å². The fraction of sp³-hybridized carbons (Fsp3) is 0.400. The summed E-state index contributed by atoms with van der Waals surface area (Å²) in [5.74, 6) is -0.0395. The van der Waals surface area contributed by atoms with Crippen LogP contribution in [0.3, 0.4) is 0 Å². The molecule has 1 unspecified atom stereocenters. The minimum atomic E-state index is -0.0395. The summed E-state index contributed by atoms with van der Waals surface area (Å²) < 4.78 is 5.91. The monoisotopic (exact) mass is 499 g/mol. The van der Waals surface area contributed by atoms with Crippen LogP contribution in [-0.2, 0) is 11.3 Å². The van der Waals surface area contributed by atoms with Crippen LogP contribution in [0.25, 0.3) is 11.8 Å². The van der Waals surface area contributed by atoms with Crippen molar-refractivity contribution in [2.45, 2.75) is 59.0 Å². The van der Waals surface area contributed by atoms with Crippen molar-refractivity contribution in [3.05, 3.63) is 87.9 Å². The summed E-state index contributed by atoms with van der Waals surface area (Å²) in [5.41, 5.74) is 8.21. The second-order valence-corrected chi connectivity index (χ2v) is 10.3. The average Bonchev–Trinajstić information content (AvgIpc) is 2.89. The van der Waals surface area contributed by atoms with Crippen molar-refractivity contribution in [3.8, 4) is 0 Å². The van der Waals surface area contributed by atoms with E-state index < -0.39 is 0 Å². The van der Waals surface area contributed by atoms with E-state index in [-0.39, 0.29) is 24.3 Å². The molecular formula is C30H37N5O2. The molecule has 194 valence electrons. The van der Waals surface area contributed by atoms with Crippen LogP contribution in [0.1, 0.15) is 58.7 Å². The van der Waals surface area contributed by atoms with Crippen molar-refractivity contribution in [1.82, 2.24) is 25.8 Å². The summed E-state index contributed by atoms with van der Waals surface area (Å²) in [6.45, 7) is 11.4. The van der Waals surface area contributed by atoms with Gasteiger partial charge in [-0.2, -0.15) is 0 Å². The fourth-order valence-corrected chi connectivity index (χ4v) is 5.14. The van der Waals surface area contributed by atoms with Gasteiger partial charge in [0.15, 0.2) is 0 Å². The van der Waals surface area contributed by atoms with Crippen LogP contribution >= 0.6 is 0 Å². The Morgan fingerprint density at radius 1 is 1.14 bits per heavy atom. The van der Waals surface area contributed by atoms with Crippen LogP contribution in [0.5, 0.6) is 0 Å². The number of amides is 1. The molecule has 3 N–H and O–H groups in total. The molecule has 1 aromatic heterocycles. The number of aryl methyl sites for hydroxylation is 2. The van der Waals surface area contributed by atoms with Gasteiger partial charge in [-0.3, -0.25) is 9.69 Å². The number of morpholine rings is 1. The lowest BCUT2D eigenvalue weighted by Gasteiger charge is -2.40. The maximum atomic E-state index is 12.6. The summed E-state index contributed by atoms with van der Waals surface area (Å²) >= 11 is 0. The highest BCUT2D eigenvalue weighted by Gasteiger charge is 2.28. The van der Waals surface area contributed by atoms with Crippen molar-refractivity contribution in [1.29, 1.82) is 0 Å². The van der Waals surface area contributed by atoms with Crippen molar-refractivity contribution >= 4 is 17.7 Å². The lowest BCUT2D eigenvalue weighted by Crippen LogP contribution is -2.54. The number of rotatable bonds is 6. The topological polar surface area (TPSA) is 78.5 Å². The van der Waals surface area contributed by atoms with E-state index in [4.69, 9.17) is 9.72 Å². The number of nitrogens with one attached hydrogen (secondary N) is 3. The Kier molecular flexibility index (Phi) is 7.44. The minimum Gasteiger partial charge on any atom is -0.384 e. The molecule has 7 nitrogen and oxygen atoms in total. The molecule has 3 aliphatic heterocycles.